The van der Waals surface area contributed by atoms with Gasteiger partial charge in [-0.2, -0.15) is 0 Å². The van der Waals surface area contributed by atoms with Gasteiger partial charge >= 0.3 is 0 Å². The van der Waals surface area contributed by atoms with E-state index >= 15 is 0 Å². The minimum absolute atomic E-state index is 0.792. The van der Waals surface area contributed by atoms with E-state index in [1.807, 2.05) is 6.07 Å². The van der Waals surface area contributed by atoms with Crippen LogP contribution in [-0.2, 0) is 13.1 Å². The Hall–Kier alpha value is -1.26. The third-order valence-electron chi connectivity index (χ3n) is 2.20. The first-order chi connectivity index (χ1) is 7.36. The fourth-order valence-corrected chi connectivity index (χ4v) is 2.19. The molecule has 0 aliphatic heterocycles. The van der Waals surface area contributed by atoms with Crippen molar-refractivity contribution in [3.8, 4) is 0 Å². The van der Waals surface area contributed by atoms with Gasteiger partial charge in [-0.05, 0) is 30.0 Å². The lowest BCUT2D eigenvalue weighted by Crippen LogP contribution is -2.13. The van der Waals surface area contributed by atoms with Crippen LogP contribution >= 0.6 is 11.3 Å². The molecule has 0 bridgehead atoms. The standard InChI is InChI=1S/C11H13N3S/c1-9-3-5-15-11(9)7-13-6-10-2-4-12-8-14-10/h2-5,8,13H,6-7H2,1H3. The fraction of sp³-hybridized carbons (Fsp3) is 0.273. The molecule has 0 saturated carbocycles. The molecule has 1 N–H and O–H groups in total. The zero-order valence-electron chi connectivity index (χ0n) is 8.60. The predicted molar refractivity (Wildman–Crippen MR) is 61.6 cm³/mol. The normalized spacial score (nSPS) is 10.5. The SMILES string of the molecule is Cc1ccsc1CNCc1ccncn1. The quantitative estimate of drug-likeness (QED) is 0.856. The first-order valence-electron chi connectivity index (χ1n) is 4.85. The Bertz CT molecular complexity index is 411. The maximum Gasteiger partial charge on any atom is 0.115 e. The topological polar surface area (TPSA) is 37.8 Å². The molecule has 0 spiro atoms. The van der Waals surface area contributed by atoms with Crippen LogP contribution in [0.3, 0.4) is 0 Å². The van der Waals surface area contributed by atoms with E-state index in [2.05, 4.69) is 33.7 Å². The molecule has 0 aromatic carbocycles. The maximum absolute atomic E-state index is 4.15. The lowest BCUT2D eigenvalue weighted by atomic mass is 10.3. The number of thiophene rings is 1. The summed E-state index contributed by atoms with van der Waals surface area (Å²) in [5, 5.41) is 5.49. The average molecular weight is 219 g/mol. The van der Waals surface area contributed by atoms with Crippen LogP contribution in [0.15, 0.2) is 30.0 Å². The van der Waals surface area contributed by atoms with Gasteiger partial charge in [0.05, 0.1) is 5.69 Å². The molecule has 0 fully saturated rings. The first-order valence-corrected chi connectivity index (χ1v) is 5.73. The van der Waals surface area contributed by atoms with E-state index in [9.17, 15) is 0 Å². The van der Waals surface area contributed by atoms with Crippen molar-refractivity contribution in [1.29, 1.82) is 0 Å². The molecule has 0 amide bonds. The van der Waals surface area contributed by atoms with Crippen LogP contribution in [0, 0.1) is 6.92 Å². The lowest BCUT2D eigenvalue weighted by molar-refractivity contribution is 0.682. The van der Waals surface area contributed by atoms with E-state index in [0.29, 0.717) is 0 Å². The van der Waals surface area contributed by atoms with Crippen LogP contribution in [0.2, 0.25) is 0 Å². The van der Waals surface area contributed by atoms with Gasteiger partial charge in [-0.15, -0.1) is 11.3 Å². The van der Waals surface area contributed by atoms with E-state index < -0.39 is 0 Å². The second-order valence-corrected chi connectivity index (χ2v) is 4.33. The van der Waals surface area contributed by atoms with Crippen molar-refractivity contribution >= 4 is 11.3 Å². The van der Waals surface area contributed by atoms with Crippen LogP contribution < -0.4 is 5.32 Å². The molecule has 0 saturated heterocycles. The highest BCUT2D eigenvalue weighted by Gasteiger charge is 1.99. The number of hydrogen-bond acceptors (Lipinski definition) is 4. The van der Waals surface area contributed by atoms with Crippen molar-refractivity contribution in [3.05, 3.63) is 46.2 Å². The summed E-state index contributed by atoms with van der Waals surface area (Å²) < 4.78 is 0. The van der Waals surface area contributed by atoms with E-state index in [-0.39, 0.29) is 0 Å². The number of hydrogen-bond donors (Lipinski definition) is 1. The molecular weight excluding hydrogens is 206 g/mol. The van der Waals surface area contributed by atoms with Gasteiger partial charge in [0, 0.05) is 24.2 Å². The van der Waals surface area contributed by atoms with Crippen LogP contribution in [0.5, 0.6) is 0 Å². The molecule has 78 valence electrons. The van der Waals surface area contributed by atoms with Gasteiger partial charge in [0.2, 0.25) is 0 Å². The molecule has 2 rings (SSSR count). The van der Waals surface area contributed by atoms with Crippen molar-refractivity contribution in [1.82, 2.24) is 15.3 Å². The van der Waals surface area contributed by atoms with E-state index in [0.717, 1.165) is 18.8 Å². The third kappa shape index (κ3) is 2.84. The van der Waals surface area contributed by atoms with E-state index in [1.54, 1.807) is 23.9 Å². The minimum atomic E-state index is 0.792. The molecule has 0 atom stereocenters. The zero-order valence-corrected chi connectivity index (χ0v) is 9.42. The largest absolute Gasteiger partial charge is 0.306 e. The van der Waals surface area contributed by atoms with Crippen molar-refractivity contribution in [2.24, 2.45) is 0 Å². The predicted octanol–water partition coefficient (Wildman–Crippen LogP) is 2.14. The van der Waals surface area contributed by atoms with Gasteiger partial charge in [-0.25, -0.2) is 9.97 Å². The minimum Gasteiger partial charge on any atom is -0.306 e. The molecule has 4 heteroatoms. The summed E-state index contributed by atoms with van der Waals surface area (Å²) >= 11 is 1.79. The molecule has 3 nitrogen and oxygen atoms in total. The van der Waals surface area contributed by atoms with Gasteiger partial charge in [0.1, 0.15) is 6.33 Å². The third-order valence-corrected chi connectivity index (χ3v) is 3.23. The van der Waals surface area contributed by atoms with E-state index in [4.69, 9.17) is 0 Å². The number of aryl methyl sites for hydroxylation is 1. The van der Waals surface area contributed by atoms with Gasteiger partial charge in [-0.3, -0.25) is 0 Å². The summed E-state index contributed by atoms with van der Waals surface area (Å²) in [5.41, 5.74) is 2.38. The number of rotatable bonds is 4. The summed E-state index contributed by atoms with van der Waals surface area (Å²) in [6.07, 6.45) is 3.34. The van der Waals surface area contributed by atoms with Crippen molar-refractivity contribution < 1.29 is 0 Å². The van der Waals surface area contributed by atoms with Crippen LogP contribution in [0.4, 0.5) is 0 Å². The molecule has 0 aliphatic rings. The molecule has 0 aliphatic carbocycles. The highest BCUT2D eigenvalue weighted by Crippen LogP contribution is 2.14. The maximum atomic E-state index is 4.15. The summed E-state index contributed by atoms with van der Waals surface area (Å²) in [6, 6.07) is 4.07. The Labute approximate surface area is 93.2 Å². The monoisotopic (exact) mass is 219 g/mol. The summed E-state index contributed by atoms with van der Waals surface area (Å²) in [4.78, 5) is 9.42. The zero-order chi connectivity index (χ0) is 10.5. The summed E-state index contributed by atoms with van der Waals surface area (Å²) in [7, 11) is 0. The fourth-order valence-electron chi connectivity index (χ4n) is 1.31. The highest BCUT2D eigenvalue weighted by atomic mass is 32.1. The summed E-state index contributed by atoms with van der Waals surface area (Å²) in [6.45, 7) is 3.84. The smallest absolute Gasteiger partial charge is 0.115 e. The highest BCUT2D eigenvalue weighted by molar-refractivity contribution is 7.10. The Morgan fingerprint density at radius 1 is 1.33 bits per heavy atom. The number of aromatic nitrogens is 2. The molecule has 15 heavy (non-hydrogen) atoms. The molecule has 2 aromatic rings. The van der Waals surface area contributed by atoms with Gasteiger partial charge in [-0.1, -0.05) is 0 Å². The Morgan fingerprint density at radius 2 is 2.27 bits per heavy atom. The van der Waals surface area contributed by atoms with Crippen LogP contribution in [0.25, 0.3) is 0 Å². The van der Waals surface area contributed by atoms with Crippen LogP contribution in [0.1, 0.15) is 16.1 Å². The second-order valence-electron chi connectivity index (χ2n) is 3.33. The second kappa shape index (κ2) is 5.00. The van der Waals surface area contributed by atoms with Crippen molar-refractivity contribution in [2.75, 3.05) is 0 Å². The first kappa shape index (κ1) is 10.3. The van der Waals surface area contributed by atoms with Crippen LogP contribution in [-0.4, -0.2) is 9.97 Å². The van der Waals surface area contributed by atoms with Gasteiger partial charge in [0.25, 0.3) is 0 Å². The number of nitrogens with zero attached hydrogens (tertiary/aromatic N) is 2. The van der Waals surface area contributed by atoms with Crippen molar-refractivity contribution in [2.45, 2.75) is 20.0 Å². The molecule has 0 unspecified atom stereocenters. The Balaban J connectivity index is 1.83. The number of nitrogens with one attached hydrogen (secondary N) is 1. The average Bonchev–Trinajstić information content (AvgIpc) is 2.66. The summed E-state index contributed by atoms with van der Waals surface area (Å²) in [5.74, 6) is 0. The Morgan fingerprint density at radius 3 is 2.93 bits per heavy atom. The Kier molecular flexibility index (Phi) is 3.42. The van der Waals surface area contributed by atoms with Gasteiger partial charge in [0.15, 0.2) is 0 Å². The molecular formula is C11H13N3S. The lowest BCUT2D eigenvalue weighted by Gasteiger charge is -2.02. The molecule has 0 radical (unpaired) electrons. The molecule has 2 heterocycles. The van der Waals surface area contributed by atoms with E-state index in [1.165, 1.54) is 10.4 Å². The van der Waals surface area contributed by atoms with Crippen molar-refractivity contribution in [3.63, 3.8) is 0 Å². The molecule has 2 aromatic heterocycles. The van der Waals surface area contributed by atoms with Gasteiger partial charge < -0.3 is 5.32 Å².